The fourth-order valence-electron chi connectivity index (χ4n) is 10.4. The van der Waals surface area contributed by atoms with Gasteiger partial charge in [0.2, 0.25) is 0 Å². The van der Waals surface area contributed by atoms with Crippen molar-refractivity contribution in [3.8, 4) is 0 Å². The molecule has 34 heavy (non-hydrogen) atoms. The van der Waals surface area contributed by atoms with Crippen molar-refractivity contribution in [1.82, 2.24) is 0 Å². The molecule has 0 radical (unpaired) electrons. The second-order valence-corrected chi connectivity index (χ2v) is 16.0. The summed E-state index contributed by atoms with van der Waals surface area (Å²) in [6.45, 7) is 23.9. The number of hydrogen-bond acceptors (Lipinski definition) is 2. The Morgan fingerprint density at radius 2 is 1.47 bits per heavy atom. The molecule has 0 heterocycles. The lowest BCUT2D eigenvalue weighted by atomic mass is 9.34. The van der Waals surface area contributed by atoms with Gasteiger partial charge in [-0.05, 0) is 115 Å². The average Bonchev–Trinajstić information content (AvgIpc) is 3.07. The van der Waals surface area contributed by atoms with Crippen LogP contribution >= 0.6 is 0 Å². The van der Waals surface area contributed by atoms with E-state index in [1.807, 2.05) is 6.92 Å². The van der Waals surface area contributed by atoms with Crippen molar-refractivity contribution in [1.29, 1.82) is 0 Å². The van der Waals surface area contributed by atoms with E-state index < -0.39 is 5.60 Å². The summed E-state index contributed by atoms with van der Waals surface area (Å²) in [5.41, 5.74) is 0.387. The minimum atomic E-state index is -0.766. The molecule has 2 heteroatoms. The SMILES string of the molecule is C[C@H]1CC[C@@]2(C)C(CC[C@]3(C)C2C[C@@H](O)C2C(C(C)(O)C/C=C/C(C)(C)C)CC[C@]23C)C1(C)C. The standard InChI is InChI=1S/C32H56O2/c1-21-12-17-29(7)24(28(21,5)6)14-19-30(8)25(29)20-23(33)26-22(13-18-31(26,30)9)32(10,34)16-11-15-27(2,3)4/h11,15,21-26,33-34H,12-14,16-20H2,1-10H3/b15-11+/t21-,22?,23+,24?,25?,26?,29-,30+,31+,32?/m0/s1. The minimum Gasteiger partial charge on any atom is -0.393 e. The second-order valence-electron chi connectivity index (χ2n) is 16.0. The van der Waals surface area contributed by atoms with Crippen molar-refractivity contribution >= 4 is 0 Å². The van der Waals surface area contributed by atoms with Crippen molar-refractivity contribution in [3.63, 3.8) is 0 Å². The van der Waals surface area contributed by atoms with Gasteiger partial charge in [0.1, 0.15) is 0 Å². The predicted molar refractivity (Wildman–Crippen MR) is 143 cm³/mol. The van der Waals surface area contributed by atoms with Crippen molar-refractivity contribution < 1.29 is 10.2 Å². The third-order valence-corrected chi connectivity index (χ3v) is 12.9. The van der Waals surface area contributed by atoms with Crippen LogP contribution in [0.5, 0.6) is 0 Å². The summed E-state index contributed by atoms with van der Waals surface area (Å²) in [7, 11) is 0. The van der Waals surface area contributed by atoms with Gasteiger partial charge in [-0.3, -0.25) is 0 Å². The number of rotatable bonds is 3. The Morgan fingerprint density at radius 3 is 2.09 bits per heavy atom. The molecule has 5 unspecified atom stereocenters. The molecule has 196 valence electrons. The first-order valence-electron chi connectivity index (χ1n) is 14.5. The quantitative estimate of drug-likeness (QED) is 0.408. The Balaban J connectivity index is 1.66. The van der Waals surface area contributed by atoms with Crippen LogP contribution < -0.4 is 0 Å². The number of hydrogen-bond donors (Lipinski definition) is 2. The first kappa shape index (κ1) is 26.7. The average molecular weight is 473 g/mol. The molecule has 4 saturated carbocycles. The molecule has 2 nitrogen and oxygen atoms in total. The van der Waals surface area contributed by atoms with E-state index in [0.29, 0.717) is 23.2 Å². The van der Waals surface area contributed by atoms with E-state index in [2.05, 4.69) is 74.5 Å². The van der Waals surface area contributed by atoms with Crippen LogP contribution in [-0.4, -0.2) is 21.9 Å². The molecule has 10 atom stereocenters. The summed E-state index contributed by atoms with van der Waals surface area (Å²) < 4.78 is 0. The molecule has 4 rings (SSSR count). The molecule has 0 spiro atoms. The highest BCUT2D eigenvalue weighted by atomic mass is 16.3. The molecule has 4 aliphatic rings. The monoisotopic (exact) mass is 472 g/mol. The van der Waals surface area contributed by atoms with Gasteiger partial charge in [0.05, 0.1) is 11.7 Å². The normalized spacial score (nSPS) is 50.4. The lowest BCUT2D eigenvalue weighted by Gasteiger charge is -2.70. The summed E-state index contributed by atoms with van der Waals surface area (Å²) in [6, 6.07) is 0. The fourth-order valence-corrected chi connectivity index (χ4v) is 10.4. The molecule has 0 aromatic rings. The van der Waals surface area contributed by atoms with Crippen LogP contribution in [0, 0.1) is 56.7 Å². The van der Waals surface area contributed by atoms with Crippen LogP contribution in [0.2, 0.25) is 0 Å². The maximum absolute atomic E-state index is 11.8. The highest BCUT2D eigenvalue weighted by Gasteiger charge is 2.71. The highest BCUT2D eigenvalue weighted by molar-refractivity contribution is 5.20. The van der Waals surface area contributed by atoms with Gasteiger partial charge >= 0.3 is 0 Å². The zero-order valence-corrected chi connectivity index (χ0v) is 24.2. The summed E-state index contributed by atoms with van der Waals surface area (Å²) >= 11 is 0. The Hall–Kier alpha value is -0.340. The van der Waals surface area contributed by atoms with Gasteiger partial charge in [0.15, 0.2) is 0 Å². The van der Waals surface area contributed by atoms with Crippen molar-refractivity contribution in [2.45, 2.75) is 132 Å². The Labute approximate surface area is 211 Å². The van der Waals surface area contributed by atoms with Crippen LogP contribution in [0.4, 0.5) is 0 Å². The summed E-state index contributed by atoms with van der Waals surface area (Å²) in [6.07, 6.45) is 13.2. The molecule has 0 amide bonds. The van der Waals surface area contributed by atoms with Crippen LogP contribution in [0.3, 0.4) is 0 Å². The molecule has 4 aliphatic carbocycles. The molecular formula is C32H56O2. The Morgan fingerprint density at radius 1 is 0.853 bits per heavy atom. The largest absolute Gasteiger partial charge is 0.393 e. The third-order valence-electron chi connectivity index (χ3n) is 12.9. The van der Waals surface area contributed by atoms with E-state index >= 15 is 0 Å². The minimum absolute atomic E-state index is 0.0961. The van der Waals surface area contributed by atoms with Gasteiger partial charge in [-0.1, -0.05) is 74.5 Å². The van der Waals surface area contributed by atoms with Crippen LogP contribution in [0.1, 0.15) is 121 Å². The van der Waals surface area contributed by atoms with Crippen molar-refractivity contribution in [3.05, 3.63) is 12.2 Å². The zero-order valence-electron chi connectivity index (χ0n) is 24.2. The van der Waals surface area contributed by atoms with E-state index in [4.69, 9.17) is 0 Å². The number of aliphatic hydroxyl groups excluding tert-OH is 1. The van der Waals surface area contributed by atoms with Gasteiger partial charge < -0.3 is 10.2 Å². The lowest BCUT2D eigenvalue weighted by Crippen LogP contribution is -2.66. The number of allylic oxidation sites excluding steroid dienone is 1. The first-order valence-corrected chi connectivity index (χ1v) is 14.5. The van der Waals surface area contributed by atoms with Crippen LogP contribution in [0.25, 0.3) is 0 Å². The Bertz CT molecular complexity index is 802. The van der Waals surface area contributed by atoms with Gasteiger partial charge in [0, 0.05) is 0 Å². The maximum atomic E-state index is 11.8. The Kier molecular flexibility index (Phi) is 6.35. The highest BCUT2D eigenvalue weighted by Crippen LogP contribution is 2.76. The van der Waals surface area contributed by atoms with Gasteiger partial charge in [-0.25, -0.2) is 0 Å². The molecule has 2 N–H and O–H groups in total. The summed E-state index contributed by atoms with van der Waals surface area (Å²) in [5, 5.41) is 23.6. The van der Waals surface area contributed by atoms with E-state index in [1.165, 1.54) is 25.7 Å². The van der Waals surface area contributed by atoms with E-state index in [9.17, 15) is 10.2 Å². The molecule has 0 saturated heterocycles. The molecular weight excluding hydrogens is 416 g/mol. The predicted octanol–water partition coefficient (Wildman–Crippen LogP) is 8.02. The van der Waals surface area contributed by atoms with E-state index in [-0.39, 0.29) is 34.2 Å². The van der Waals surface area contributed by atoms with Gasteiger partial charge in [0.25, 0.3) is 0 Å². The first-order chi connectivity index (χ1) is 15.4. The molecule has 0 aromatic heterocycles. The van der Waals surface area contributed by atoms with E-state index in [1.54, 1.807) is 0 Å². The lowest BCUT2D eigenvalue weighted by molar-refractivity contribution is -0.240. The number of fused-ring (bicyclic) bond motifs is 5. The molecule has 0 aromatic carbocycles. The van der Waals surface area contributed by atoms with Crippen molar-refractivity contribution in [2.75, 3.05) is 0 Å². The maximum Gasteiger partial charge on any atom is 0.0685 e. The van der Waals surface area contributed by atoms with E-state index in [0.717, 1.165) is 31.1 Å². The van der Waals surface area contributed by atoms with Gasteiger partial charge in [-0.2, -0.15) is 0 Å². The molecule has 0 aliphatic heterocycles. The fraction of sp³-hybridized carbons (Fsp3) is 0.938. The van der Waals surface area contributed by atoms with Gasteiger partial charge in [-0.15, -0.1) is 0 Å². The zero-order chi connectivity index (χ0) is 25.5. The topological polar surface area (TPSA) is 40.5 Å². The third kappa shape index (κ3) is 3.79. The summed E-state index contributed by atoms with van der Waals surface area (Å²) in [5.74, 6) is 2.47. The van der Waals surface area contributed by atoms with Crippen LogP contribution in [0.15, 0.2) is 12.2 Å². The van der Waals surface area contributed by atoms with Crippen molar-refractivity contribution in [2.24, 2.45) is 56.7 Å². The number of aliphatic hydroxyl groups is 2. The molecule has 4 fully saturated rings. The van der Waals surface area contributed by atoms with Crippen LogP contribution in [-0.2, 0) is 0 Å². The smallest absolute Gasteiger partial charge is 0.0685 e. The molecule has 0 bridgehead atoms. The second kappa shape index (κ2) is 8.08. The summed E-state index contributed by atoms with van der Waals surface area (Å²) in [4.78, 5) is 0.